The Balaban J connectivity index is -0.000000152. The average Bonchev–Trinajstić information content (AvgIpc) is 1.96. The van der Waals surface area contributed by atoms with Gasteiger partial charge in [-0.15, -0.1) is 0 Å². The van der Waals surface area contributed by atoms with Gasteiger partial charge in [0.25, 0.3) is 0 Å². The minimum atomic E-state index is -0.981. The van der Waals surface area contributed by atoms with Crippen LogP contribution in [0.3, 0.4) is 0 Å². The zero-order valence-corrected chi connectivity index (χ0v) is 28.5. The number of rotatable bonds is 6. The van der Waals surface area contributed by atoms with Crippen LogP contribution in [0.15, 0.2) is 0 Å². The van der Waals surface area contributed by atoms with Gasteiger partial charge in [-0.1, -0.05) is 118 Å². The first-order valence-corrected chi connectivity index (χ1v) is 31.5. The molecule has 0 radical (unpaired) electrons. The van der Waals surface area contributed by atoms with Crippen molar-refractivity contribution in [3.63, 3.8) is 0 Å². The van der Waals surface area contributed by atoms with E-state index in [9.17, 15) is 0 Å². The van der Waals surface area contributed by atoms with Gasteiger partial charge < -0.3 is 13.9 Å². The van der Waals surface area contributed by atoms with Gasteiger partial charge in [0.1, 0.15) is 49.4 Å². The van der Waals surface area contributed by atoms with Crippen molar-refractivity contribution in [3.05, 3.63) is 0 Å². The highest BCUT2D eigenvalue weighted by Gasteiger charge is 2.23. The SMILES string of the molecule is C[Si](C)(C)N[Si](C)(C)C.C[Si](C)(C)N[Si](C)(C)C.C[Si](C)(C)N[Si](C)(C)C.[AlH3]. The third-order valence-electron chi connectivity index (χ3n) is 2.25. The van der Waals surface area contributed by atoms with Crippen LogP contribution in [0.1, 0.15) is 0 Å². The fraction of sp³-hybridized carbons (Fsp3) is 1.00. The Bertz CT molecular complexity index is 297. The van der Waals surface area contributed by atoms with Crippen molar-refractivity contribution in [2.45, 2.75) is 118 Å². The molecule has 0 aromatic rings. The molecule has 0 aliphatic rings. The Morgan fingerprint density at radius 3 is 0.321 bits per heavy atom. The molecule has 0 saturated carbocycles. The first-order chi connectivity index (χ1) is 11.1. The Kier molecular flexibility index (Phi) is 17.6. The summed E-state index contributed by atoms with van der Waals surface area (Å²) in [5.41, 5.74) is 0. The summed E-state index contributed by atoms with van der Waals surface area (Å²) in [5.74, 6) is 0. The predicted molar refractivity (Wildman–Crippen MR) is 159 cm³/mol. The largest absolute Gasteiger partial charge is 0.360 e. The lowest BCUT2D eigenvalue weighted by molar-refractivity contribution is 1.30. The van der Waals surface area contributed by atoms with Crippen LogP contribution in [-0.2, 0) is 0 Å². The summed E-state index contributed by atoms with van der Waals surface area (Å²) in [5, 5.41) is 0. The molecular formula is C18H60AlN3Si6. The van der Waals surface area contributed by atoms with Crippen molar-refractivity contribution in [2.24, 2.45) is 0 Å². The topological polar surface area (TPSA) is 36.1 Å². The molecule has 0 saturated heterocycles. The minimum absolute atomic E-state index is 0. The molecule has 0 bridgehead atoms. The first kappa shape index (κ1) is 37.1. The minimum Gasteiger partial charge on any atom is -0.360 e. The number of hydrogen-bond donors (Lipinski definition) is 3. The zero-order valence-electron chi connectivity index (χ0n) is 22.5. The molecule has 0 aromatic carbocycles. The number of hydrogen-bond acceptors (Lipinski definition) is 3. The average molecular weight is 514 g/mol. The molecule has 28 heavy (non-hydrogen) atoms. The van der Waals surface area contributed by atoms with Crippen LogP contribution in [0.5, 0.6) is 0 Å². The Hall–Kier alpha value is 1.71. The maximum absolute atomic E-state index is 3.74. The van der Waals surface area contributed by atoms with Crippen molar-refractivity contribution in [2.75, 3.05) is 0 Å². The van der Waals surface area contributed by atoms with Crippen LogP contribution in [0, 0.1) is 0 Å². The van der Waals surface area contributed by atoms with E-state index in [2.05, 4.69) is 132 Å². The Morgan fingerprint density at radius 2 is 0.321 bits per heavy atom. The summed E-state index contributed by atoms with van der Waals surface area (Å²) in [6, 6.07) is 0. The van der Waals surface area contributed by atoms with Crippen LogP contribution in [0.25, 0.3) is 0 Å². The summed E-state index contributed by atoms with van der Waals surface area (Å²) in [6.07, 6.45) is 0. The van der Waals surface area contributed by atoms with Gasteiger partial charge in [-0.3, -0.25) is 0 Å². The third-order valence-corrected chi connectivity index (χ3v) is 20.2. The normalized spacial score (nSPS) is 13.5. The highest BCUT2D eigenvalue weighted by Crippen LogP contribution is 2.04. The van der Waals surface area contributed by atoms with Crippen LogP contribution in [-0.4, -0.2) is 66.8 Å². The maximum Gasteiger partial charge on any atom is 0.187 e. The molecule has 0 atom stereocenters. The summed E-state index contributed by atoms with van der Waals surface area (Å²) in [7, 11) is -5.89. The molecule has 0 spiro atoms. The smallest absolute Gasteiger partial charge is 0.187 e. The standard InChI is InChI=1S/3C6H19NSi2.Al.3H/c3*1-8(2,3)7-9(4,5)6;;;;/h3*7H,1-6H3;;;;. The predicted octanol–water partition coefficient (Wildman–Crippen LogP) is 5.55. The molecule has 3 N–H and O–H groups in total. The van der Waals surface area contributed by atoms with Gasteiger partial charge >= 0.3 is 0 Å². The van der Waals surface area contributed by atoms with E-state index in [1.165, 1.54) is 0 Å². The molecule has 10 heteroatoms. The van der Waals surface area contributed by atoms with E-state index in [0.717, 1.165) is 0 Å². The summed E-state index contributed by atoms with van der Waals surface area (Å²) in [6.45, 7) is 42.3. The van der Waals surface area contributed by atoms with Gasteiger partial charge in [0.15, 0.2) is 17.4 Å². The lowest BCUT2D eigenvalue weighted by atomic mass is 11.8. The molecule has 0 unspecified atom stereocenters. The molecule has 0 aromatic heterocycles. The van der Waals surface area contributed by atoms with Gasteiger partial charge in [-0.2, -0.15) is 0 Å². The van der Waals surface area contributed by atoms with E-state index >= 15 is 0 Å². The van der Waals surface area contributed by atoms with Gasteiger partial charge in [-0.25, -0.2) is 0 Å². The second-order valence-corrected chi connectivity index (χ2v) is 43.9. The number of nitrogens with one attached hydrogen (secondary N) is 3. The van der Waals surface area contributed by atoms with Crippen molar-refractivity contribution in [1.82, 2.24) is 13.9 Å². The van der Waals surface area contributed by atoms with Gasteiger partial charge in [0.2, 0.25) is 0 Å². The van der Waals surface area contributed by atoms with Gasteiger partial charge in [0.05, 0.1) is 0 Å². The monoisotopic (exact) mass is 513 g/mol. The van der Waals surface area contributed by atoms with E-state index in [-0.39, 0.29) is 17.4 Å². The van der Waals surface area contributed by atoms with Crippen LogP contribution >= 0.6 is 0 Å². The van der Waals surface area contributed by atoms with Crippen LogP contribution in [0.4, 0.5) is 0 Å². The van der Waals surface area contributed by atoms with Crippen molar-refractivity contribution >= 4 is 66.8 Å². The van der Waals surface area contributed by atoms with E-state index < -0.39 is 49.4 Å². The van der Waals surface area contributed by atoms with Gasteiger partial charge in [-0.05, 0) is 0 Å². The second-order valence-electron chi connectivity index (χ2n) is 13.9. The molecule has 3 nitrogen and oxygen atoms in total. The quantitative estimate of drug-likeness (QED) is 0.407. The molecule has 0 fully saturated rings. The zero-order chi connectivity index (χ0) is 23.1. The molecule has 0 rings (SSSR count). The van der Waals surface area contributed by atoms with Crippen molar-refractivity contribution < 1.29 is 0 Å². The van der Waals surface area contributed by atoms with Crippen LogP contribution < -0.4 is 13.9 Å². The molecule has 174 valence electrons. The molecule has 0 aliphatic carbocycles. The van der Waals surface area contributed by atoms with E-state index in [1.807, 2.05) is 0 Å². The molecule has 0 aliphatic heterocycles. The molecule has 0 amide bonds. The fourth-order valence-corrected chi connectivity index (χ4v) is 30.4. The highest BCUT2D eigenvalue weighted by atomic mass is 28.4. The van der Waals surface area contributed by atoms with Gasteiger partial charge in [0, 0.05) is 0 Å². The first-order valence-electron chi connectivity index (χ1n) is 10.5. The Morgan fingerprint density at radius 1 is 0.250 bits per heavy atom. The van der Waals surface area contributed by atoms with Crippen LogP contribution in [0.2, 0.25) is 118 Å². The lowest BCUT2D eigenvalue weighted by Gasteiger charge is -2.28. The maximum atomic E-state index is 3.74. The highest BCUT2D eigenvalue weighted by molar-refractivity contribution is 6.91. The fourth-order valence-electron chi connectivity index (χ4n) is 3.38. The van der Waals surface area contributed by atoms with Crippen molar-refractivity contribution in [1.29, 1.82) is 0 Å². The lowest BCUT2D eigenvalue weighted by Crippen LogP contribution is -2.55. The van der Waals surface area contributed by atoms with Crippen molar-refractivity contribution in [3.8, 4) is 0 Å². The van der Waals surface area contributed by atoms with E-state index in [1.54, 1.807) is 0 Å². The summed E-state index contributed by atoms with van der Waals surface area (Å²) < 4.78 is 11.2. The van der Waals surface area contributed by atoms with E-state index in [0.29, 0.717) is 0 Å². The molecular weight excluding hydrogens is 454 g/mol. The third kappa shape index (κ3) is 50.9. The summed E-state index contributed by atoms with van der Waals surface area (Å²) in [4.78, 5) is 0. The Labute approximate surface area is 197 Å². The second kappa shape index (κ2) is 13.3. The summed E-state index contributed by atoms with van der Waals surface area (Å²) >= 11 is 0. The van der Waals surface area contributed by atoms with E-state index in [4.69, 9.17) is 0 Å². The molecule has 0 heterocycles.